The molecule has 4 nitrogen and oxygen atoms in total. The summed E-state index contributed by atoms with van der Waals surface area (Å²) in [5.41, 5.74) is 2.14. The molecule has 5 heteroatoms. The number of anilines is 1. The Hall–Kier alpha value is -1.07. The zero-order valence-corrected chi connectivity index (χ0v) is 12.4. The van der Waals surface area contributed by atoms with Gasteiger partial charge in [-0.1, -0.05) is 20.3 Å². The van der Waals surface area contributed by atoms with Gasteiger partial charge in [-0.05, 0) is 43.0 Å². The molecule has 0 aliphatic carbocycles. The quantitative estimate of drug-likeness (QED) is 0.843. The molecule has 0 fully saturated rings. The monoisotopic (exact) mass is 282 g/mol. The van der Waals surface area contributed by atoms with E-state index in [-0.39, 0.29) is 6.04 Å². The number of fused-ring (bicyclic) bond motifs is 1. The smallest absolute Gasteiger partial charge is 0.240 e. The summed E-state index contributed by atoms with van der Waals surface area (Å²) in [5.74, 6) is 0. The Labute approximate surface area is 115 Å². The highest BCUT2D eigenvalue weighted by atomic mass is 32.2. The molecule has 2 N–H and O–H groups in total. The van der Waals surface area contributed by atoms with E-state index in [4.69, 9.17) is 0 Å². The van der Waals surface area contributed by atoms with Crippen LogP contribution in [0.3, 0.4) is 0 Å². The Bertz CT molecular complexity index is 540. The Morgan fingerprint density at radius 2 is 2.16 bits per heavy atom. The lowest BCUT2D eigenvalue weighted by Crippen LogP contribution is -2.34. The van der Waals surface area contributed by atoms with E-state index in [9.17, 15) is 8.42 Å². The van der Waals surface area contributed by atoms with Gasteiger partial charge in [0.2, 0.25) is 10.0 Å². The minimum atomic E-state index is -3.39. The number of nitrogens with one attached hydrogen (secondary N) is 2. The van der Waals surface area contributed by atoms with Crippen molar-refractivity contribution in [2.24, 2.45) is 0 Å². The molecular weight excluding hydrogens is 260 g/mol. The average Bonchev–Trinajstić information content (AvgIpc) is 2.85. The number of hydrogen-bond acceptors (Lipinski definition) is 3. The minimum Gasteiger partial charge on any atom is -0.384 e. The number of hydrogen-bond donors (Lipinski definition) is 2. The summed E-state index contributed by atoms with van der Waals surface area (Å²) in [6.45, 7) is 4.97. The van der Waals surface area contributed by atoms with Crippen LogP contribution in [0.1, 0.15) is 38.7 Å². The lowest BCUT2D eigenvalue weighted by atomic mass is 10.1. The van der Waals surface area contributed by atoms with Gasteiger partial charge in [0, 0.05) is 18.3 Å². The first-order valence-electron chi connectivity index (χ1n) is 6.96. The third kappa shape index (κ3) is 3.28. The fourth-order valence-electron chi connectivity index (χ4n) is 2.43. The zero-order chi connectivity index (χ0) is 13.9. The van der Waals surface area contributed by atoms with Gasteiger partial charge in [0.25, 0.3) is 0 Å². The fraction of sp³-hybridized carbons (Fsp3) is 0.571. The van der Waals surface area contributed by atoms with Gasteiger partial charge in [-0.15, -0.1) is 0 Å². The van der Waals surface area contributed by atoms with E-state index in [0.717, 1.165) is 43.5 Å². The number of rotatable bonds is 6. The third-order valence-electron chi connectivity index (χ3n) is 3.55. The van der Waals surface area contributed by atoms with Crippen LogP contribution in [0.4, 0.5) is 5.69 Å². The molecule has 1 aliphatic heterocycles. The van der Waals surface area contributed by atoms with Crippen LogP contribution in [0.2, 0.25) is 0 Å². The maximum absolute atomic E-state index is 12.3. The highest BCUT2D eigenvalue weighted by molar-refractivity contribution is 7.89. The Balaban J connectivity index is 2.19. The maximum Gasteiger partial charge on any atom is 0.240 e. The van der Waals surface area contributed by atoms with E-state index in [1.807, 2.05) is 13.0 Å². The van der Waals surface area contributed by atoms with Crippen LogP contribution in [0.15, 0.2) is 23.1 Å². The van der Waals surface area contributed by atoms with Gasteiger partial charge in [-0.25, -0.2) is 13.1 Å². The van der Waals surface area contributed by atoms with Crippen LogP contribution in [0.25, 0.3) is 0 Å². The summed E-state index contributed by atoms with van der Waals surface area (Å²) in [6.07, 6.45) is 3.57. The molecule has 1 aliphatic rings. The van der Waals surface area contributed by atoms with Crippen molar-refractivity contribution in [2.45, 2.75) is 50.5 Å². The minimum absolute atomic E-state index is 0.0291. The molecular formula is C14H22N2O2S. The lowest BCUT2D eigenvalue weighted by molar-refractivity contribution is 0.512. The van der Waals surface area contributed by atoms with Crippen molar-refractivity contribution >= 4 is 15.7 Å². The van der Waals surface area contributed by atoms with Gasteiger partial charge in [-0.3, -0.25) is 0 Å². The highest BCUT2D eigenvalue weighted by Gasteiger charge is 2.20. The summed E-state index contributed by atoms with van der Waals surface area (Å²) in [5, 5.41) is 3.24. The summed E-state index contributed by atoms with van der Waals surface area (Å²) >= 11 is 0. The van der Waals surface area contributed by atoms with Crippen molar-refractivity contribution in [3.63, 3.8) is 0 Å². The molecule has 0 spiro atoms. The van der Waals surface area contributed by atoms with E-state index in [2.05, 4.69) is 17.0 Å². The second-order valence-corrected chi connectivity index (χ2v) is 6.72. The molecule has 0 aromatic heterocycles. The number of benzene rings is 1. The van der Waals surface area contributed by atoms with Crippen LogP contribution in [-0.4, -0.2) is 21.0 Å². The highest BCUT2D eigenvalue weighted by Crippen LogP contribution is 2.25. The number of sulfonamides is 1. The molecule has 0 amide bonds. The largest absolute Gasteiger partial charge is 0.384 e. The standard InChI is InChI=1S/C14H22N2O2S/c1-3-5-12(4-2)16-19(17,18)13-6-7-14-11(10-13)8-9-15-14/h6-7,10,12,15-16H,3-5,8-9H2,1-2H3. The Morgan fingerprint density at radius 3 is 2.84 bits per heavy atom. The van der Waals surface area contributed by atoms with Gasteiger partial charge < -0.3 is 5.32 Å². The molecule has 0 saturated heterocycles. The second kappa shape index (κ2) is 5.92. The SMILES string of the molecule is CCCC(CC)NS(=O)(=O)c1ccc2c(c1)CCN2. The molecule has 1 unspecified atom stereocenters. The van der Waals surface area contributed by atoms with Crippen LogP contribution in [0, 0.1) is 0 Å². The first kappa shape index (κ1) is 14.3. The van der Waals surface area contributed by atoms with E-state index >= 15 is 0 Å². The van der Waals surface area contributed by atoms with E-state index < -0.39 is 10.0 Å². The molecule has 1 aromatic rings. The van der Waals surface area contributed by atoms with E-state index in [0.29, 0.717) is 4.90 Å². The maximum atomic E-state index is 12.3. The molecule has 0 bridgehead atoms. The Morgan fingerprint density at radius 1 is 1.37 bits per heavy atom. The van der Waals surface area contributed by atoms with Gasteiger partial charge in [0.1, 0.15) is 0 Å². The van der Waals surface area contributed by atoms with Crippen molar-refractivity contribution < 1.29 is 8.42 Å². The fourth-order valence-corrected chi connectivity index (χ4v) is 3.83. The van der Waals surface area contributed by atoms with Gasteiger partial charge in [0.05, 0.1) is 4.90 Å². The molecule has 106 valence electrons. The summed E-state index contributed by atoms with van der Waals surface area (Å²) < 4.78 is 27.5. The average molecular weight is 282 g/mol. The van der Waals surface area contributed by atoms with Crippen LogP contribution < -0.4 is 10.0 Å². The zero-order valence-electron chi connectivity index (χ0n) is 11.6. The van der Waals surface area contributed by atoms with Crippen LogP contribution in [0.5, 0.6) is 0 Å². The molecule has 1 atom stereocenters. The van der Waals surface area contributed by atoms with Crippen molar-refractivity contribution in [1.82, 2.24) is 4.72 Å². The van der Waals surface area contributed by atoms with Gasteiger partial charge in [-0.2, -0.15) is 0 Å². The lowest BCUT2D eigenvalue weighted by Gasteiger charge is -2.16. The first-order valence-corrected chi connectivity index (χ1v) is 8.44. The summed E-state index contributed by atoms with van der Waals surface area (Å²) in [4.78, 5) is 0.379. The van der Waals surface area contributed by atoms with E-state index in [1.165, 1.54) is 0 Å². The van der Waals surface area contributed by atoms with Crippen molar-refractivity contribution in [2.75, 3.05) is 11.9 Å². The molecule has 1 aromatic carbocycles. The molecule has 1 heterocycles. The normalized spacial score (nSPS) is 15.9. The second-order valence-electron chi connectivity index (χ2n) is 5.01. The predicted octanol–water partition coefficient (Wildman–Crippen LogP) is 2.51. The van der Waals surface area contributed by atoms with Crippen molar-refractivity contribution in [3.05, 3.63) is 23.8 Å². The molecule has 2 rings (SSSR count). The van der Waals surface area contributed by atoms with E-state index in [1.54, 1.807) is 12.1 Å². The first-order chi connectivity index (χ1) is 9.06. The van der Waals surface area contributed by atoms with Crippen LogP contribution >= 0.6 is 0 Å². The van der Waals surface area contributed by atoms with Crippen LogP contribution in [-0.2, 0) is 16.4 Å². The predicted molar refractivity (Wildman–Crippen MR) is 77.9 cm³/mol. The Kier molecular flexibility index (Phi) is 4.47. The molecule has 0 saturated carbocycles. The third-order valence-corrected chi connectivity index (χ3v) is 5.07. The van der Waals surface area contributed by atoms with Gasteiger partial charge in [0.15, 0.2) is 0 Å². The van der Waals surface area contributed by atoms with Gasteiger partial charge >= 0.3 is 0 Å². The molecule has 0 radical (unpaired) electrons. The summed E-state index contributed by atoms with van der Waals surface area (Å²) in [7, 11) is -3.39. The van der Waals surface area contributed by atoms with Crippen molar-refractivity contribution in [3.8, 4) is 0 Å². The summed E-state index contributed by atoms with van der Waals surface area (Å²) in [6, 6.07) is 5.35. The molecule has 19 heavy (non-hydrogen) atoms. The topological polar surface area (TPSA) is 58.2 Å². The van der Waals surface area contributed by atoms with Crippen molar-refractivity contribution in [1.29, 1.82) is 0 Å².